The molecule has 0 aromatic carbocycles. The largest absolute Gasteiger partial charge is 0.400 e. The molecule has 1 aliphatic heterocycles. The Morgan fingerprint density at radius 1 is 1.22 bits per heavy atom. The molecule has 1 unspecified atom stereocenters. The van der Waals surface area contributed by atoms with E-state index in [9.17, 15) is 0 Å². The van der Waals surface area contributed by atoms with Crippen LogP contribution in [0.15, 0.2) is 24.5 Å². The number of imidazole rings is 1. The molecule has 4 heterocycles. The summed E-state index contributed by atoms with van der Waals surface area (Å²) >= 11 is 0. The highest BCUT2D eigenvalue weighted by molar-refractivity contribution is 5.79. The van der Waals surface area contributed by atoms with E-state index in [1.54, 1.807) is 19.5 Å². The number of ether oxygens (including phenoxy) is 2. The van der Waals surface area contributed by atoms with E-state index in [0.717, 1.165) is 67.5 Å². The van der Waals surface area contributed by atoms with Crippen molar-refractivity contribution in [2.75, 3.05) is 37.5 Å². The molecule has 2 atom stereocenters. The Balaban J connectivity index is 0.00000157. The van der Waals surface area contributed by atoms with Crippen molar-refractivity contribution >= 4 is 28.6 Å². The molecule has 0 saturated carbocycles. The predicted octanol–water partition coefficient (Wildman–Crippen LogP) is 4.93. The predicted molar refractivity (Wildman–Crippen MR) is 145 cm³/mol. The molecule has 2 N–H and O–H groups in total. The summed E-state index contributed by atoms with van der Waals surface area (Å²) in [6, 6.07) is 4.12. The molecule has 0 amide bonds. The Bertz CT molecular complexity index is 1100. The van der Waals surface area contributed by atoms with E-state index in [0.29, 0.717) is 12.5 Å². The van der Waals surface area contributed by atoms with Crippen molar-refractivity contribution < 1.29 is 16.0 Å². The molecule has 200 valence electrons. The van der Waals surface area contributed by atoms with Crippen LogP contribution in [0, 0.1) is 5.92 Å². The SMILES string of the molecule is CCCC(OC)OCc1nc2cnc(Nc3ccnc(N4CCC[C@@H](C)C4)n3)cc2n1C(C)C.CO.[HH]. The molecule has 10 heteroatoms. The van der Waals surface area contributed by atoms with Gasteiger partial charge in [0.25, 0.3) is 0 Å². The maximum Gasteiger partial charge on any atom is 0.227 e. The molecule has 3 aromatic heterocycles. The first-order valence-electron chi connectivity index (χ1n) is 12.8. The minimum atomic E-state index is -0.226. The van der Waals surface area contributed by atoms with Gasteiger partial charge in [-0.15, -0.1) is 0 Å². The molecule has 10 nitrogen and oxygen atoms in total. The summed E-state index contributed by atoms with van der Waals surface area (Å²) in [4.78, 5) is 20.9. The van der Waals surface area contributed by atoms with E-state index in [1.165, 1.54) is 12.8 Å². The van der Waals surface area contributed by atoms with Crippen molar-refractivity contribution in [3.8, 4) is 0 Å². The Morgan fingerprint density at radius 2 is 2.03 bits per heavy atom. The van der Waals surface area contributed by atoms with Crippen LogP contribution in [-0.4, -0.2) is 63.2 Å². The van der Waals surface area contributed by atoms with Crippen molar-refractivity contribution in [2.45, 2.75) is 72.3 Å². The van der Waals surface area contributed by atoms with E-state index in [-0.39, 0.29) is 13.8 Å². The fourth-order valence-electron chi connectivity index (χ4n) is 4.54. The fraction of sp³-hybridized carbons (Fsp3) is 0.615. The topological polar surface area (TPSA) is 110 Å². The Hall–Kier alpha value is -2.82. The van der Waals surface area contributed by atoms with E-state index in [2.05, 4.69) is 52.4 Å². The van der Waals surface area contributed by atoms with Gasteiger partial charge in [-0.1, -0.05) is 20.3 Å². The standard InChI is InChI=1S/C25H37N7O2.CH4O.H2/c1-6-8-24(33-5)34-16-23-28-19-14-27-22(13-20(19)32(23)17(2)3)29-21-10-11-26-25(30-21)31-12-7-9-18(4)15-31;1-2;/h10-11,13-14,17-18,24H,6-9,12,15-16H2,1-5H3,(H,26,27,29,30);2H,1H3;1H/t18-,24?;;/m1../s1. The minimum Gasteiger partial charge on any atom is -0.400 e. The van der Waals surface area contributed by atoms with Crippen molar-refractivity contribution in [1.82, 2.24) is 24.5 Å². The van der Waals surface area contributed by atoms with E-state index in [1.807, 2.05) is 12.1 Å². The van der Waals surface area contributed by atoms with Gasteiger partial charge in [0.05, 0.1) is 11.7 Å². The van der Waals surface area contributed by atoms with Crippen molar-refractivity contribution in [3.63, 3.8) is 0 Å². The maximum atomic E-state index is 7.00. The molecule has 0 bridgehead atoms. The molecule has 3 aromatic rings. The second kappa shape index (κ2) is 13.5. The molecule has 1 aliphatic rings. The highest BCUT2D eigenvalue weighted by Gasteiger charge is 2.20. The maximum absolute atomic E-state index is 7.00. The zero-order valence-electron chi connectivity index (χ0n) is 22.4. The Morgan fingerprint density at radius 3 is 2.72 bits per heavy atom. The summed E-state index contributed by atoms with van der Waals surface area (Å²) in [7, 11) is 2.68. The lowest BCUT2D eigenvalue weighted by Gasteiger charge is -2.30. The monoisotopic (exact) mass is 501 g/mol. The quantitative estimate of drug-likeness (QED) is 0.374. The summed E-state index contributed by atoms with van der Waals surface area (Å²) in [5.74, 6) is 3.75. The molecular weight excluding hydrogens is 458 g/mol. The third-order valence-electron chi connectivity index (χ3n) is 6.19. The van der Waals surface area contributed by atoms with Crippen LogP contribution >= 0.6 is 0 Å². The lowest BCUT2D eigenvalue weighted by molar-refractivity contribution is -0.137. The van der Waals surface area contributed by atoms with Crippen LogP contribution in [0.25, 0.3) is 11.0 Å². The summed E-state index contributed by atoms with van der Waals surface area (Å²) in [6.07, 6.45) is 7.67. The number of anilines is 3. The van der Waals surface area contributed by atoms with Gasteiger partial charge in [-0.25, -0.2) is 15.0 Å². The highest BCUT2D eigenvalue weighted by Crippen LogP contribution is 2.26. The van der Waals surface area contributed by atoms with Gasteiger partial charge in [0, 0.05) is 47.0 Å². The molecule has 0 aliphatic carbocycles. The van der Waals surface area contributed by atoms with E-state index in [4.69, 9.17) is 24.5 Å². The third-order valence-corrected chi connectivity index (χ3v) is 6.19. The third kappa shape index (κ3) is 6.89. The van der Waals surface area contributed by atoms with Gasteiger partial charge >= 0.3 is 0 Å². The van der Waals surface area contributed by atoms with Crippen LogP contribution in [-0.2, 0) is 16.1 Å². The van der Waals surface area contributed by atoms with Crippen molar-refractivity contribution in [1.29, 1.82) is 0 Å². The van der Waals surface area contributed by atoms with Gasteiger partial charge in [-0.3, -0.25) is 0 Å². The molecule has 0 radical (unpaired) electrons. The first-order valence-corrected chi connectivity index (χ1v) is 12.8. The number of piperidine rings is 1. The summed E-state index contributed by atoms with van der Waals surface area (Å²) in [5, 5.41) is 10.4. The molecule has 1 saturated heterocycles. The number of rotatable bonds is 10. The Kier molecular flexibility index (Phi) is 10.4. The van der Waals surface area contributed by atoms with Crippen LogP contribution < -0.4 is 10.2 Å². The van der Waals surface area contributed by atoms with Crippen LogP contribution in [0.3, 0.4) is 0 Å². The smallest absolute Gasteiger partial charge is 0.227 e. The second-order valence-corrected chi connectivity index (χ2v) is 9.38. The number of aromatic nitrogens is 5. The average molecular weight is 502 g/mol. The summed E-state index contributed by atoms with van der Waals surface area (Å²) in [5.41, 5.74) is 1.85. The number of fused-ring (bicyclic) bond motifs is 1. The molecule has 36 heavy (non-hydrogen) atoms. The summed E-state index contributed by atoms with van der Waals surface area (Å²) in [6.45, 7) is 11.1. The van der Waals surface area contributed by atoms with Gasteiger partial charge in [0.2, 0.25) is 5.95 Å². The zero-order valence-corrected chi connectivity index (χ0v) is 22.4. The lowest BCUT2D eigenvalue weighted by Crippen LogP contribution is -2.35. The van der Waals surface area contributed by atoms with Crippen LogP contribution in [0.2, 0.25) is 0 Å². The fourth-order valence-corrected chi connectivity index (χ4v) is 4.54. The van der Waals surface area contributed by atoms with Gasteiger partial charge in [0.15, 0.2) is 6.29 Å². The first-order chi connectivity index (χ1) is 17.5. The first kappa shape index (κ1) is 27.8. The van der Waals surface area contributed by atoms with E-state index >= 15 is 0 Å². The van der Waals surface area contributed by atoms with Crippen LogP contribution in [0.4, 0.5) is 17.6 Å². The highest BCUT2D eigenvalue weighted by atomic mass is 16.7. The molecule has 0 spiro atoms. The lowest BCUT2D eigenvalue weighted by atomic mass is 10.0. The number of hydrogen-bond donors (Lipinski definition) is 2. The zero-order chi connectivity index (χ0) is 26.1. The summed E-state index contributed by atoms with van der Waals surface area (Å²) < 4.78 is 13.6. The number of pyridine rings is 1. The number of hydrogen-bond acceptors (Lipinski definition) is 9. The van der Waals surface area contributed by atoms with Gasteiger partial charge in [0.1, 0.15) is 29.6 Å². The van der Waals surface area contributed by atoms with Gasteiger partial charge in [-0.2, -0.15) is 4.98 Å². The van der Waals surface area contributed by atoms with Gasteiger partial charge in [-0.05, 0) is 45.1 Å². The average Bonchev–Trinajstić information content (AvgIpc) is 3.26. The molecule has 4 rings (SSSR count). The van der Waals surface area contributed by atoms with Crippen molar-refractivity contribution in [3.05, 3.63) is 30.4 Å². The number of nitrogens with zero attached hydrogens (tertiary/aromatic N) is 6. The second-order valence-electron chi connectivity index (χ2n) is 9.38. The Labute approximate surface area is 215 Å². The minimum absolute atomic E-state index is 0. The van der Waals surface area contributed by atoms with Gasteiger partial charge < -0.3 is 29.4 Å². The number of aliphatic hydroxyl groups is 1. The number of nitrogens with one attached hydrogen (secondary N) is 1. The van der Waals surface area contributed by atoms with Crippen LogP contribution in [0.1, 0.15) is 66.7 Å². The molecular formula is C26H43N7O3. The number of aliphatic hydroxyl groups excluding tert-OH is 1. The van der Waals surface area contributed by atoms with Crippen molar-refractivity contribution in [2.24, 2.45) is 5.92 Å². The van der Waals surface area contributed by atoms with E-state index < -0.39 is 0 Å². The van der Waals surface area contributed by atoms with Crippen LogP contribution in [0.5, 0.6) is 0 Å². The molecule has 1 fully saturated rings. The normalized spacial score (nSPS) is 16.7. The number of methoxy groups -OCH3 is 1.